The van der Waals surface area contributed by atoms with Crippen LogP contribution >= 0.6 is 0 Å². The van der Waals surface area contributed by atoms with E-state index in [9.17, 15) is 4.79 Å². The molecule has 0 unspecified atom stereocenters. The van der Waals surface area contributed by atoms with Crippen LogP contribution in [0.1, 0.15) is 19.8 Å². The quantitative estimate of drug-likeness (QED) is 0.663. The number of carboxylic acid groups (broad SMARTS) is 1. The highest BCUT2D eigenvalue weighted by Gasteiger charge is 2.50. The Kier molecular flexibility index (Phi) is 2.19. The minimum Gasteiger partial charge on any atom is -0.481 e. The van der Waals surface area contributed by atoms with Gasteiger partial charge in [-0.15, -0.1) is 0 Å². The molecule has 5 nitrogen and oxygen atoms in total. The first-order valence-corrected chi connectivity index (χ1v) is 4.86. The molecule has 5 heteroatoms. The highest BCUT2D eigenvalue weighted by molar-refractivity contribution is 5.89. The number of fused-ring (bicyclic) bond motifs is 1. The predicted octanol–water partition coefficient (Wildman–Crippen LogP) is 0.199. The van der Waals surface area contributed by atoms with Gasteiger partial charge in [-0.05, 0) is 12.8 Å². The van der Waals surface area contributed by atoms with E-state index in [1.165, 1.54) is 0 Å². The lowest BCUT2D eigenvalue weighted by molar-refractivity contribution is -0.142. The van der Waals surface area contributed by atoms with Gasteiger partial charge in [0, 0.05) is 5.92 Å². The summed E-state index contributed by atoms with van der Waals surface area (Å²) >= 11 is 0. The maximum Gasteiger partial charge on any atom is 0.308 e. The fraction of sp³-hybridized carbons (Fsp3) is 0.778. The van der Waals surface area contributed by atoms with Crippen LogP contribution in [0.3, 0.4) is 0 Å². The van der Waals surface area contributed by atoms with Gasteiger partial charge in [0.05, 0.1) is 17.7 Å². The molecule has 0 aromatic carbocycles. The van der Waals surface area contributed by atoms with Crippen molar-refractivity contribution in [1.82, 2.24) is 0 Å². The Morgan fingerprint density at radius 3 is 3.07 bits per heavy atom. The Bertz CT molecular complexity index is 290. The smallest absolute Gasteiger partial charge is 0.308 e. The number of hydrogen-bond donors (Lipinski definition) is 2. The molecule has 1 saturated carbocycles. The van der Waals surface area contributed by atoms with Gasteiger partial charge >= 0.3 is 5.97 Å². The number of carbonyl (C=O) groups is 1. The largest absolute Gasteiger partial charge is 0.481 e. The second-order valence-corrected chi connectivity index (χ2v) is 3.87. The van der Waals surface area contributed by atoms with Gasteiger partial charge in [0.1, 0.15) is 0 Å². The molecule has 1 heterocycles. The third-order valence-electron chi connectivity index (χ3n) is 3.15. The van der Waals surface area contributed by atoms with Gasteiger partial charge in [-0.25, -0.2) is 0 Å². The van der Waals surface area contributed by atoms with Gasteiger partial charge in [-0.1, -0.05) is 12.1 Å². The van der Waals surface area contributed by atoms with Gasteiger partial charge in [0.2, 0.25) is 0 Å². The maximum atomic E-state index is 10.9. The first-order valence-electron chi connectivity index (χ1n) is 4.86. The van der Waals surface area contributed by atoms with Crippen LogP contribution in [0.2, 0.25) is 0 Å². The lowest BCUT2D eigenvalue weighted by atomic mass is 9.97. The normalized spacial score (nSPS) is 40.3. The Morgan fingerprint density at radius 1 is 1.79 bits per heavy atom. The lowest BCUT2D eigenvalue weighted by Crippen LogP contribution is -2.39. The first-order chi connectivity index (χ1) is 6.65. The number of aliphatic carboxylic acids is 1. The number of nitrogens with two attached hydrogens (primary N) is 1. The van der Waals surface area contributed by atoms with Gasteiger partial charge in [-0.3, -0.25) is 4.79 Å². The van der Waals surface area contributed by atoms with E-state index in [4.69, 9.17) is 15.7 Å². The van der Waals surface area contributed by atoms with Crippen molar-refractivity contribution >= 4 is 11.7 Å². The zero-order valence-corrected chi connectivity index (χ0v) is 8.01. The minimum atomic E-state index is -0.828. The summed E-state index contributed by atoms with van der Waals surface area (Å²) in [7, 11) is 0. The topological polar surface area (TPSA) is 84.9 Å². The second kappa shape index (κ2) is 3.24. The van der Waals surface area contributed by atoms with Crippen molar-refractivity contribution in [1.29, 1.82) is 0 Å². The molecule has 0 radical (unpaired) electrons. The van der Waals surface area contributed by atoms with E-state index in [1.807, 2.05) is 6.92 Å². The maximum absolute atomic E-state index is 10.9. The summed E-state index contributed by atoms with van der Waals surface area (Å²) in [5, 5.41) is 12.8. The molecule has 0 aromatic heterocycles. The molecule has 3 N–H and O–H groups in total. The molecule has 2 rings (SSSR count). The van der Waals surface area contributed by atoms with Crippen molar-refractivity contribution in [3.05, 3.63) is 0 Å². The van der Waals surface area contributed by atoms with Gasteiger partial charge in [0.25, 0.3) is 0 Å². The summed E-state index contributed by atoms with van der Waals surface area (Å²) < 4.78 is 0. The molecule has 0 saturated heterocycles. The number of rotatable bonds is 2. The van der Waals surface area contributed by atoms with E-state index in [1.54, 1.807) is 0 Å². The third-order valence-corrected chi connectivity index (χ3v) is 3.15. The molecule has 1 fully saturated rings. The number of nitrogens with zero attached hydrogens (tertiary/aromatic N) is 1. The standard InChI is InChI=1S/C9H14N2O3/c1-2-6-4-3-5(9(12)13)7(10)8(4)14-11-6/h4-5,7-8H,2-3,10H2,1H3,(H,12,13)/t4-,5+,7+,8+/m0/s1. The molecular formula is C9H14N2O3. The molecule has 78 valence electrons. The average Bonchev–Trinajstić information content (AvgIpc) is 2.66. The van der Waals surface area contributed by atoms with Crippen molar-refractivity contribution in [2.75, 3.05) is 0 Å². The monoisotopic (exact) mass is 198 g/mol. The van der Waals surface area contributed by atoms with Crippen molar-refractivity contribution in [2.45, 2.75) is 31.9 Å². The van der Waals surface area contributed by atoms with Gasteiger partial charge in [0.15, 0.2) is 6.10 Å². The van der Waals surface area contributed by atoms with Crippen LogP contribution in [0, 0.1) is 11.8 Å². The Morgan fingerprint density at radius 2 is 2.50 bits per heavy atom. The van der Waals surface area contributed by atoms with Crippen molar-refractivity contribution in [3.63, 3.8) is 0 Å². The summed E-state index contributed by atoms with van der Waals surface area (Å²) in [6.45, 7) is 1.99. The van der Waals surface area contributed by atoms with Gasteiger partial charge < -0.3 is 15.7 Å². The Balaban J connectivity index is 2.15. The summed E-state index contributed by atoms with van der Waals surface area (Å²) in [5.74, 6) is -1.19. The van der Waals surface area contributed by atoms with Crippen LogP contribution < -0.4 is 5.73 Å². The Labute approximate surface area is 81.9 Å². The molecule has 4 atom stereocenters. The third kappa shape index (κ3) is 1.19. The first kappa shape index (κ1) is 9.45. The van der Waals surface area contributed by atoms with Crippen LogP contribution in [0.5, 0.6) is 0 Å². The van der Waals surface area contributed by atoms with Gasteiger partial charge in [-0.2, -0.15) is 0 Å². The van der Waals surface area contributed by atoms with Crippen LogP contribution in [0.4, 0.5) is 0 Å². The molecular weight excluding hydrogens is 184 g/mol. The van der Waals surface area contributed by atoms with Crippen LogP contribution in [0.25, 0.3) is 0 Å². The number of carboxylic acids is 1. The van der Waals surface area contributed by atoms with E-state index in [0.29, 0.717) is 6.42 Å². The van der Waals surface area contributed by atoms with Crippen molar-refractivity contribution < 1.29 is 14.7 Å². The van der Waals surface area contributed by atoms with Crippen molar-refractivity contribution in [2.24, 2.45) is 22.7 Å². The van der Waals surface area contributed by atoms with E-state index in [-0.39, 0.29) is 12.0 Å². The lowest BCUT2D eigenvalue weighted by Gasteiger charge is -2.14. The summed E-state index contributed by atoms with van der Waals surface area (Å²) in [4.78, 5) is 16.0. The van der Waals surface area contributed by atoms with E-state index in [2.05, 4.69) is 5.16 Å². The zero-order chi connectivity index (χ0) is 10.3. The number of hydrogen-bond acceptors (Lipinski definition) is 4. The zero-order valence-electron chi connectivity index (χ0n) is 8.01. The molecule has 0 spiro atoms. The van der Waals surface area contributed by atoms with Crippen LogP contribution in [0.15, 0.2) is 5.16 Å². The fourth-order valence-electron chi connectivity index (χ4n) is 2.32. The SMILES string of the molecule is CCC1=NO[C@H]2[C@H](N)[C@H](C(=O)O)C[C@@H]12. The minimum absolute atomic E-state index is 0.121. The molecule has 0 bridgehead atoms. The summed E-state index contributed by atoms with van der Waals surface area (Å²) in [5.41, 5.74) is 6.76. The average molecular weight is 198 g/mol. The molecule has 2 aliphatic rings. The van der Waals surface area contributed by atoms with E-state index < -0.39 is 17.9 Å². The highest BCUT2D eigenvalue weighted by Crippen LogP contribution is 2.38. The summed E-state index contributed by atoms with van der Waals surface area (Å²) in [6, 6.07) is -0.426. The van der Waals surface area contributed by atoms with Crippen LogP contribution in [-0.2, 0) is 9.63 Å². The fourth-order valence-corrected chi connectivity index (χ4v) is 2.32. The van der Waals surface area contributed by atoms with Crippen LogP contribution in [-0.4, -0.2) is 28.9 Å². The molecule has 1 aliphatic heterocycles. The Hall–Kier alpha value is -1.10. The predicted molar refractivity (Wildman–Crippen MR) is 49.8 cm³/mol. The van der Waals surface area contributed by atoms with Crippen molar-refractivity contribution in [3.8, 4) is 0 Å². The highest BCUT2D eigenvalue weighted by atomic mass is 16.6. The van der Waals surface area contributed by atoms with E-state index in [0.717, 1.165) is 12.1 Å². The number of oxime groups is 1. The second-order valence-electron chi connectivity index (χ2n) is 3.87. The molecule has 1 aliphatic carbocycles. The molecule has 0 aromatic rings. The van der Waals surface area contributed by atoms with E-state index >= 15 is 0 Å². The molecule has 0 amide bonds. The molecule has 14 heavy (non-hydrogen) atoms. The summed E-state index contributed by atoms with van der Waals surface area (Å²) in [6.07, 6.45) is 1.15.